The van der Waals surface area contributed by atoms with Crippen LogP contribution in [-0.4, -0.2) is 12.8 Å². The summed E-state index contributed by atoms with van der Waals surface area (Å²) in [4.78, 5) is 0. The van der Waals surface area contributed by atoms with Crippen LogP contribution in [0.15, 0.2) is 85.5 Å². The van der Waals surface area contributed by atoms with E-state index in [9.17, 15) is 17.6 Å². The van der Waals surface area contributed by atoms with Crippen molar-refractivity contribution < 1.29 is 27.0 Å². The number of hydrogen-bond acceptors (Lipinski definition) is 2. The number of para-hydroxylation sites is 1. The van der Waals surface area contributed by atoms with Crippen LogP contribution in [-0.2, 0) is 17.8 Å². The van der Waals surface area contributed by atoms with Gasteiger partial charge < -0.3 is 9.47 Å². The van der Waals surface area contributed by atoms with Crippen molar-refractivity contribution in [2.75, 3.05) is 6.61 Å². The normalized spacial score (nSPS) is 12.4. The molecular weight excluding hydrogens is 408 g/mol. The van der Waals surface area contributed by atoms with Gasteiger partial charge in [-0.25, -0.2) is 4.39 Å². The highest BCUT2D eigenvalue weighted by atomic mass is 19.4. The monoisotopic (exact) mass is 430 g/mol. The fourth-order valence-electron chi connectivity index (χ4n) is 3.06. The Labute approximate surface area is 178 Å². The van der Waals surface area contributed by atoms with Crippen molar-refractivity contribution in [3.63, 3.8) is 0 Å². The minimum atomic E-state index is -4.45. The molecule has 0 fully saturated rings. The fourth-order valence-corrected chi connectivity index (χ4v) is 3.06. The Balaban J connectivity index is 1.66. The van der Waals surface area contributed by atoms with E-state index in [2.05, 4.69) is 6.58 Å². The first-order chi connectivity index (χ1) is 14.9. The molecule has 0 aromatic heterocycles. The molecule has 1 unspecified atom stereocenters. The molecule has 0 saturated heterocycles. The van der Waals surface area contributed by atoms with Gasteiger partial charge in [0.2, 0.25) is 0 Å². The maximum absolute atomic E-state index is 14.1. The summed E-state index contributed by atoms with van der Waals surface area (Å²) >= 11 is 0. The first kappa shape index (κ1) is 22.6. The van der Waals surface area contributed by atoms with E-state index < -0.39 is 24.5 Å². The average molecular weight is 430 g/mol. The van der Waals surface area contributed by atoms with E-state index in [0.717, 1.165) is 5.56 Å². The van der Waals surface area contributed by atoms with E-state index in [1.807, 2.05) is 0 Å². The summed E-state index contributed by atoms with van der Waals surface area (Å²) in [6.45, 7) is 2.97. The highest BCUT2D eigenvalue weighted by Gasteiger charge is 2.40. The van der Waals surface area contributed by atoms with Crippen molar-refractivity contribution in [1.29, 1.82) is 0 Å². The molecule has 162 valence electrons. The molecule has 0 spiro atoms. The van der Waals surface area contributed by atoms with Gasteiger partial charge in [0.1, 0.15) is 11.7 Å². The van der Waals surface area contributed by atoms with Gasteiger partial charge in [-0.2, -0.15) is 13.2 Å². The lowest BCUT2D eigenvalue weighted by Gasteiger charge is -2.21. The van der Waals surface area contributed by atoms with Gasteiger partial charge in [0.15, 0.2) is 11.6 Å². The zero-order chi connectivity index (χ0) is 22.3. The van der Waals surface area contributed by atoms with Gasteiger partial charge in [-0.3, -0.25) is 0 Å². The molecule has 6 heteroatoms. The Kier molecular flexibility index (Phi) is 7.47. The Morgan fingerprint density at radius 2 is 1.58 bits per heavy atom. The highest BCUT2D eigenvalue weighted by Crippen LogP contribution is 2.35. The van der Waals surface area contributed by atoms with Gasteiger partial charge in [0.05, 0.1) is 13.2 Å². The molecule has 3 aromatic rings. The highest BCUT2D eigenvalue weighted by molar-refractivity contribution is 5.35. The fraction of sp³-hybridized carbons (Fsp3) is 0.200. The van der Waals surface area contributed by atoms with Crippen molar-refractivity contribution in [3.8, 4) is 11.5 Å². The van der Waals surface area contributed by atoms with Crippen LogP contribution in [0.3, 0.4) is 0 Å². The summed E-state index contributed by atoms with van der Waals surface area (Å²) in [5.41, 5.74) is 1.53. The number of alkyl halides is 3. The lowest BCUT2D eigenvalue weighted by molar-refractivity contribution is -0.163. The largest absolute Gasteiger partial charge is 0.454 e. The van der Waals surface area contributed by atoms with Crippen LogP contribution in [0, 0.1) is 5.82 Å². The third-order valence-corrected chi connectivity index (χ3v) is 4.68. The van der Waals surface area contributed by atoms with Gasteiger partial charge in [0, 0.05) is 0 Å². The second kappa shape index (κ2) is 10.3. The lowest BCUT2D eigenvalue weighted by atomic mass is 9.97. The van der Waals surface area contributed by atoms with Gasteiger partial charge in [0.25, 0.3) is 0 Å². The third-order valence-electron chi connectivity index (χ3n) is 4.68. The van der Waals surface area contributed by atoms with E-state index in [-0.39, 0.29) is 17.9 Å². The molecule has 31 heavy (non-hydrogen) atoms. The maximum Gasteiger partial charge on any atom is 0.397 e. The molecule has 0 aliphatic rings. The van der Waals surface area contributed by atoms with Crippen molar-refractivity contribution >= 4 is 0 Å². The molecule has 0 amide bonds. The van der Waals surface area contributed by atoms with Gasteiger partial charge in [-0.15, -0.1) is 6.58 Å². The van der Waals surface area contributed by atoms with Crippen LogP contribution in [0.2, 0.25) is 0 Å². The van der Waals surface area contributed by atoms with Crippen LogP contribution in [0.5, 0.6) is 11.5 Å². The average Bonchev–Trinajstić information content (AvgIpc) is 2.74. The van der Waals surface area contributed by atoms with E-state index >= 15 is 0 Å². The number of benzene rings is 3. The molecular formula is C25H22F4O2. The second-order valence-electron chi connectivity index (χ2n) is 7.02. The van der Waals surface area contributed by atoms with Crippen LogP contribution in [0.25, 0.3) is 0 Å². The Hall–Kier alpha value is -3.12. The Morgan fingerprint density at radius 1 is 0.903 bits per heavy atom. The number of rotatable bonds is 9. The van der Waals surface area contributed by atoms with Crippen molar-refractivity contribution in [2.45, 2.75) is 25.1 Å². The van der Waals surface area contributed by atoms with E-state index in [1.165, 1.54) is 30.3 Å². The molecule has 0 heterocycles. The van der Waals surface area contributed by atoms with Crippen molar-refractivity contribution in [2.24, 2.45) is 0 Å². The maximum atomic E-state index is 14.1. The Bertz CT molecular complexity index is 983. The SMILES string of the molecule is C=CCc1ccc(C(COCc2ccc(F)c(Oc3ccccc3)c2)C(F)(F)F)cc1. The zero-order valence-corrected chi connectivity index (χ0v) is 16.7. The Morgan fingerprint density at radius 3 is 2.23 bits per heavy atom. The third kappa shape index (κ3) is 6.43. The smallest absolute Gasteiger partial charge is 0.397 e. The van der Waals surface area contributed by atoms with Gasteiger partial charge in [-0.05, 0) is 47.4 Å². The van der Waals surface area contributed by atoms with Crippen LogP contribution < -0.4 is 4.74 Å². The molecule has 0 saturated carbocycles. The number of halogens is 4. The molecule has 2 nitrogen and oxygen atoms in total. The molecule has 0 aliphatic heterocycles. The van der Waals surface area contributed by atoms with Crippen molar-refractivity contribution in [3.05, 3.63) is 108 Å². The lowest BCUT2D eigenvalue weighted by Crippen LogP contribution is -2.25. The van der Waals surface area contributed by atoms with E-state index in [1.54, 1.807) is 48.5 Å². The zero-order valence-electron chi connectivity index (χ0n) is 16.7. The summed E-state index contributed by atoms with van der Waals surface area (Å²) in [7, 11) is 0. The summed E-state index contributed by atoms with van der Waals surface area (Å²) in [5, 5.41) is 0. The summed E-state index contributed by atoms with van der Waals surface area (Å²) < 4.78 is 65.7. The van der Waals surface area contributed by atoms with E-state index in [4.69, 9.17) is 9.47 Å². The molecule has 3 aromatic carbocycles. The summed E-state index contributed by atoms with van der Waals surface area (Å²) in [5.74, 6) is -1.89. The molecule has 0 N–H and O–H groups in total. The van der Waals surface area contributed by atoms with Gasteiger partial charge >= 0.3 is 6.18 Å². The predicted octanol–water partition coefficient (Wildman–Crippen LogP) is 7.21. The molecule has 0 radical (unpaired) electrons. The molecule has 0 aliphatic carbocycles. The number of ether oxygens (including phenoxy) is 2. The molecule has 3 rings (SSSR count). The van der Waals surface area contributed by atoms with Crippen LogP contribution >= 0.6 is 0 Å². The topological polar surface area (TPSA) is 18.5 Å². The molecule has 1 atom stereocenters. The minimum Gasteiger partial charge on any atom is -0.454 e. The number of allylic oxidation sites excluding steroid dienone is 1. The second-order valence-corrected chi connectivity index (χ2v) is 7.02. The quantitative estimate of drug-likeness (QED) is 0.264. The summed E-state index contributed by atoms with van der Waals surface area (Å²) in [6, 6.07) is 19.0. The van der Waals surface area contributed by atoms with Crippen molar-refractivity contribution in [1.82, 2.24) is 0 Å². The van der Waals surface area contributed by atoms with Crippen LogP contribution in [0.4, 0.5) is 17.6 Å². The first-order valence-corrected chi connectivity index (χ1v) is 9.72. The standard InChI is InChI=1S/C25H22F4O2/c1-2-6-18-9-12-20(13-10-18)22(25(27,28)29)17-30-16-19-11-14-23(26)24(15-19)31-21-7-4-3-5-8-21/h2-5,7-15,22H,1,6,16-17H2. The first-order valence-electron chi connectivity index (χ1n) is 9.72. The predicted molar refractivity (Wildman–Crippen MR) is 112 cm³/mol. The number of hydrogen-bond donors (Lipinski definition) is 0. The van der Waals surface area contributed by atoms with E-state index in [0.29, 0.717) is 17.7 Å². The summed E-state index contributed by atoms with van der Waals surface area (Å²) in [6.07, 6.45) is -2.17. The van der Waals surface area contributed by atoms with Crippen LogP contribution in [0.1, 0.15) is 22.6 Å². The minimum absolute atomic E-state index is 0.0162. The van der Waals surface area contributed by atoms with Gasteiger partial charge in [-0.1, -0.05) is 54.6 Å². The molecule has 0 bridgehead atoms.